The number of para-hydroxylation sites is 4. The van der Waals surface area contributed by atoms with E-state index in [1.807, 2.05) is 72.9 Å². The molecule has 3 heterocycles. The maximum Gasteiger partial charge on any atom is 0.148 e. The molecule has 0 aliphatic heterocycles. The maximum absolute atomic E-state index is 11.3. The number of aromatic nitrogens is 3. The van der Waals surface area contributed by atoms with Gasteiger partial charge in [-0.25, -0.2) is 4.98 Å². The molecule has 8 aromatic carbocycles. The van der Waals surface area contributed by atoms with Crippen molar-refractivity contribution in [2.45, 2.75) is 0 Å². The fraction of sp³-hybridized carbons (Fsp3) is 0. The number of furan rings is 1. The molecule has 0 aliphatic carbocycles. The molecule has 0 radical (unpaired) electrons. The van der Waals surface area contributed by atoms with Crippen LogP contribution < -0.4 is 0 Å². The number of hydrogen-bond donors (Lipinski definition) is 1. The number of benzene rings is 8. The number of rotatable bonds is 7. The maximum atomic E-state index is 11.3. The molecule has 0 bridgehead atoms. The smallest absolute Gasteiger partial charge is 0.148 e. The van der Waals surface area contributed by atoms with Gasteiger partial charge in [-0.3, -0.25) is 9.55 Å². The van der Waals surface area contributed by atoms with Gasteiger partial charge in [-0.2, -0.15) is 0 Å². The van der Waals surface area contributed by atoms with Crippen LogP contribution in [0.4, 0.5) is 0 Å². The van der Waals surface area contributed by atoms with Gasteiger partial charge in [0.2, 0.25) is 0 Å². The van der Waals surface area contributed by atoms with Crippen molar-refractivity contribution in [3.8, 4) is 78.6 Å². The van der Waals surface area contributed by atoms with E-state index >= 15 is 0 Å². The van der Waals surface area contributed by atoms with Gasteiger partial charge in [0.05, 0.1) is 27.9 Å². The summed E-state index contributed by atoms with van der Waals surface area (Å²) in [6.45, 7) is 0. The van der Waals surface area contributed by atoms with E-state index in [-0.39, 0.29) is 26.8 Å². The molecule has 60 heavy (non-hydrogen) atoms. The van der Waals surface area contributed by atoms with E-state index in [1.54, 1.807) is 6.07 Å². The van der Waals surface area contributed by atoms with E-state index in [1.165, 1.54) is 11.1 Å². The second kappa shape index (κ2) is 15.4. The Bertz CT molecular complexity index is 3340. The van der Waals surface area contributed by atoms with Crippen molar-refractivity contribution in [2.24, 2.45) is 0 Å². The minimum atomic E-state index is 0. The minimum absolute atomic E-state index is 0. The predicted octanol–water partition coefficient (Wildman–Crippen LogP) is 13.8. The fourth-order valence-corrected chi connectivity index (χ4v) is 8.26. The summed E-state index contributed by atoms with van der Waals surface area (Å²) in [5, 5.41) is 13.3. The molecule has 11 rings (SSSR count). The van der Waals surface area contributed by atoms with Crippen LogP contribution in [0.2, 0.25) is 0 Å². The SMILES string of the molecule is Oc1ccccc1-c1nc2c(-c3[c-]c(-c4cc(-c5ccc(-c6ccccc6)cc5)ccn4)cc4c3oc3ccccc34)cccc2n1-c1ccccc1-c1ccccc1.[Pt]. The van der Waals surface area contributed by atoms with Gasteiger partial charge in [0.25, 0.3) is 0 Å². The van der Waals surface area contributed by atoms with E-state index in [4.69, 9.17) is 14.4 Å². The number of pyridine rings is 1. The van der Waals surface area contributed by atoms with Gasteiger partial charge >= 0.3 is 0 Å². The molecule has 0 saturated carbocycles. The van der Waals surface area contributed by atoms with Gasteiger partial charge in [-0.15, -0.1) is 12.1 Å². The molecule has 5 nitrogen and oxygen atoms in total. The third-order valence-electron chi connectivity index (χ3n) is 11.1. The molecule has 3 aromatic heterocycles. The van der Waals surface area contributed by atoms with Crippen molar-refractivity contribution in [2.75, 3.05) is 0 Å². The number of fused-ring (bicyclic) bond motifs is 4. The van der Waals surface area contributed by atoms with E-state index in [9.17, 15) is 5.11 Å². The van der Waals surface area contributed by atoms with Gasteiger partial charge < -0.3 is 9.52 Å². The Kier molecular flexibility index (Phi) is 9.52. The molecule has 0 saturated heterocycles. The van der Waals surface area contributed by atoms with Crippen LogP contribution in [0.3, 0.4) is 0 Å². The molecule has 1 N–H and O–H groups in total. The topological polar surface area (TPSA) is 64.1 Å². The predicted molar refractivity (Wildman–Crippen MR) is 239 cm³/mol. The Morgan fingerprint density at radius 3 is 1.93 bits per heavy atom. The third kappa shape index (κ3) is 6.41. The average molecular weight is 952 g/mol. The second-order valence-electron chi connectivity index (χ2n) is 14.6. The second-order valence-corrected chi connectivity index (χ2v) is 14.6. The summed E-state index contributed by atoms with van der Waals surface area (Å²) in [6.07, 6.45) is 1.87. The van der Waals surface area contributed by atoms with Gasteiger partial charge in [0, 0.05) is 43.9 Å². The van der Waals surface area contributed by atoms with Crippen LogP contribution in [0.25, 0.3) is 106 Å². The summed E-state index contributed by atoms with van der Waals surface area (Å²) in [4.78, 5) is 10.3. The van der Waals surface area contributed by atoms with Crippen LogP contribution in [-0.2, 0) is 21.1 Å². The fourth-order valence-electron chi connectivity index (χ4n) is 8.26. The van der Waals surface area contributed by atoms with Crippen LogP contribution in [0.1, 0.15) is 0 Å². The molecule has 0 atom stereocenters. The zero-order valence-electron chi connectivity index (χ0n) is 32.1. The number of aromatic hydroxyl groups is 1. The number of nitrogens with zero attached hydrogens (tertiary/aromatic N) is 3. The Balaban J connectivity index is 0.00000433. The number of imidazole rings is 1. The molecule has 0 spiro atoms. The quantitative estimate of drug-likeness (QED) is 0.162. The zero-order chi connectivity index (χ0) is 39.3. The largest absolute Gasteiger partial charge is 0.507 e. The first-order chi connectivity index (χ1) is 29.2. The van der Waals surface area contributed by atoms with Gasteiger partial charge in [0.15, 0.2) is 0 Å². The molecule has 0 fully saturated rings. The monoisotopic (exact) mass is 951 g/mol. The first-order valence-electron chi connectivity index (χ1n) is 19.6. The normalized spacial score (nSPS) is 11.3. The Morgan fingerprint density at radius 1 is 0.517 bits per heavy atom. The van der Waals surface area contributed by atoms with Gasteiger partial charge in [-0.05, 0) is 69.6 Å². The summed E-state index contributed by atoms with van der Waals surface area (Å²) in [6, 6.07) is 69.6. The Morgan fingerprint density at radius 2 is 1.15 bits per heavy atom. The minimum Gasteiger partial charge on any atom is -0.507 e. The summed E-state index contributed by atoms with van der Waals surface area (Å²) >= 11 is 0. The molecule has 6 heteroatoms. The van der Waals surface area contributed by atoms with Crippen LogP contribution in [0.15, 0.2) is 205 Å². The van der Waals surface area contributed by atoms with Crippen molar-refractivity contribution < 1.29 is 30.6 Å². The molecule has 0 amide bonds. The summed E-state index contributed by atoms with van der Waals surface area (Å²) in [5.41, 5.74) is 14.6. The summed E-state index contributed by atoms with van der Waals surface area (Å²) in [7, 11) is 0. The van der Waals surface area contributed by atoms with Crippen LogP contribution >= 0.6 is 0 Å². The van der Waals surface area contributed by atoms with Gasteiger partial charge in [0.1, 0.15) is 17.2 Å². The van der Waals surface area contributed by atoms with Crippen molar-refractivity contribution >= 4 is 33.0 Å². The van der Waals surface area contributed by atoms with E-state index in [2.05, 4.69) is 132 Å². The first-order valence-corrected chi connectivity index (χ1v) is 19.6. The first kappa shape index (κ1) is 37.0. The van der Waals surface area contributed by atoms with E-state index in [0.717, 1.165) is 83.3 Å². The average Bonchev–Trinajstić information content (AvgIpc) is 3.89. The molecular weight excluding hydrogens is 918 g/mol. The molecule has 0 aliphatic rings. The number of hydrogen-bond acceptors (Lipinski definition) is 4. The van der Waals surface area contributed by atoms with Crippen molar-refractivity contribution in [3.05, 3.63) is 206 Å². The summed E-state index contributed by atoms with van der Waals surface area (Å²) in [5.74, 6) is 0.773. The van der Waals surface area contributed by atoms with Gasteiger partial charge in [-0.1, -0.05) is 168 Å². The number of phenols is 1. The zero-order valence-corrected chi connectivity index (χ0v) is 34.3. The third-order valence-corrected chi connectivity index (χ3v) is 11.1. The molecule has 288 valence electrons. The molecule has 11 aromatic rings. The van der Waals surface area contributed by atoms with Crippen molar-refractivity contribution in [3.63, 3.8) is 0 Å². The van der Waals surface area contributed by atoms with Crippen LogP contribution in [-0.4, -0.2) is 19.6 Å². The number of phenolic OH excluding ortho intramolecular Hbond substituents is 1. The van der Waals surface area contributed by atoms with Crippen molar-refractivity contribution in [1.29, 1.82) is 0 Å². The van der Waals surface area contributed by atoms with E-state index < -0.39 is 0 Å². The van der Waals surface area contributed by atoms with Crippen molar-refractivity contribution in [1.82, 2.24) is 14.5 Å². The molecule has 0 unspecified atom stereocenters. The summed E-state index contributed by atoms with van der Waals surface area (Å²) < 4.78 is 8.85. The van der Waals surface area contributed by atoms with Crippen LogP contribution in [0.5, 0.6) is 5.75 Å². The van der Waals surface area contributed by atoms with E-state index in [0.29, 0.717) is 11.4 Å². The Labute approximate surface area is 361 Å². The van der Waals surface area contributed by atoms with Crippen LogP contribution in [0, 0.1) is 6.07 Å². The standard InChI is InChI=1S/C54H34N3O2.Pt/c58-50-24-11-8-20-44(50)54-56-52-43(21-13-23-49(52)57(54)48-22-10-7-18-41(48)38-16-5-2-6-17-38)46-33-40(32-45-42-19-9-12-25-51(42)59-53(45)46)47-34-39(30-31-55-47)37-28-26-36(27-29-37)35-14-3-1-4-15-35;/h1-32,34,58H;/q-1;. The Hall–Kier alpha value is -7.33. The molecular formula is C54H34N3O2Pt-.